The predicted octanol–water partition coefficient (Wildman–Crippen LogP) is 2.71. The van der Waals surface area contributed by atoms with Crippen LogP contribution in [0.4, 0.5) is 0 Å². The van der Waals surface area contributed by atoms with Gasteiger partial charge in [0.2, 0.25) is 0 Å². The molecule has 0 radical (unpaired) electrons. The molecule has 0 spiro atoms. The van der Waals surface area contributed by atoms with Gasteiger partial charge in [0.05, 0.1) is 23.5 Å². The number of rotatable bonds is 4. The summed E-state index contributed by atoms with van der Waals surface area (Å²) in [4.78, 5) is 15.2. The van der Waals surface area contributed by atoms with Crippen LogP contribution in [0.25, 0.3) is 0 Å². The summed E-state index contributed by atoms with van der Waals surface area (Å²) in [6, 6.07) is 11.5. The molecule has 3 nitrogen and oxygen atoms in total. The first-order valence-corrected chi connectivity index (χ1v) is 8.47. The minimum Gasteiger partial charge on any atom is -0.347 e. The van der Waals surface area contributed by atoms with Gasteiger partial charge in [-0.3, -0.25) is 4.79 Å². The summed E-state index contributed by atoms with van der Waals surface area (Å²) in [6.45, 7) is 0.867. The van der Waals surface area contributed by atoms with Crippen molar-refractivity contribution in [3.05, 3.63) is 51.7 Å². The SMILES string of the molecule is CSc1ccccc1C(=O)NCc1ccc(C#CCN)s1. The number of benzene rings is 1. The van der Waals surface area contributed by atoms with Crippen LogP contribution >= 0.6 is 23.1 Å². The van der Waals surface area contributed by atoms with Crippen molar-refractivity contribution in [1.29, 1.82) is 0 Å². The van der Waals surface area contributed by atoms with E-state index < -0.39 is 0 Å². The lowest BCUT2D eigenvalue weighted by molar-refractivity contribution is 0.0948. The van der Waals surface area contributed by atoms with Gasteiger partial charge >= 0.3 is 0 Å². The Morgan fingerprint density at radius 1 is 1.33 bits per heavy atom. The molecule has 2 aromatic rings. The molecular weight excluding hydrogens is 300 g/mol. The summed E-state index contributed by atoms with van der Waals surface area (Å²) >= 11 is 3.14. The average molecular weight is 316 g/mol. The molecule has 1 aromatic heterocycles. The first kappa shape index (κ1) is 15.6. The first-order valence-electron chi connectivity index (χ1n) is 6.43. The standard InChI is InChI=1S/C16H16N2OS2/c1-20-15-7-3-2-6-14(15)16(19)18-11-13-9-8-12(21-13)5-4-10-17/h2-3,6-9H,10-11,17H2,1H3,(H,18,19). The topological polar surface area (TPSA) is 55.1 Å². The van der Waals surface area contributed by atoms with Crippen LogP contribution in [-0.4, -0.2) is 18.7 Å². The number of hydrogen-bond donors (Lipinski definition) is 2. The Morgan fingerprint density at radius 2 is 2.14 bits per heavy atom. The third kappa shape index (κ3) is 4.36. The first-order chi connectivity index (χ1) is 10.2. The van der Waals surface area contributed by atoms with Crippen LogP contribution in [0, 0.1) is 11.8 Å². The molecular formula is C16H16N2OS2. The van der Waals surface area contributed by atoms with Crippen LogP contribution in [0.1, 0.15) is 20.1 Å². The van der Waals surface area contributed by atoms with Crippen LogP contribution in [0.3, 0.4) is 0 Å². The fourth-order valence-corrected chi connectivity index (χ4v) is 3.19. The molecule has 2 rings (SSSR count). The van der Waals surface area contributed by atoms with E-state index >= 15 is 0 Å². The lowest BCUT2D eigenvalue weighted by atomic mass is 10.2. The summed E-state index contributed by atoms with van der Waals surface area (Å²) < 4.78 is 0. The number of nitrogens with one attached hydrogen (secondary N) is 1. The Balaban J connectivity index is 1.99. The van der Waals surface area contributed by atoms with E-state index in [1.807, 2.05) is 42.7 Å². The van der Waals surface area contributed by atoms with Crippen molar-refractivity contribution in [3.8, 4) is 11.8 Å². The summed E-state index contributed by atoms with van der Waals surface area (Å²) in [7, 11) is 0. The molecule has 21 heavy (non-hydrogen) atoms. The number of carbonyl (C=O) groups is 1. The number of hydrogen-bond acceptors (Lipinski definition) is 4. The maximum absolute atomic E-state index is 12.2. The molecule has 108 valence electrons. The molecule has 1 aromatic carbocycles. The van der Waals surface area contributed by atoms with E-state index in [0.717, 1.165) is 14.6 Å². The van der Waals surface area contributed by atoms with Crippen LogP contribution in [-0.2, 0) is 6.54 Å². The van der Waals surface area contributed by atoms with Gasteiger partial charge in [0.1, 0.15) is 0 Å². The van der Waals surface area contributed by atoms with Gasteiger partial charge < -0.3 is 11.1 Å². The Morgan fingerprint density at radius 3 is 2.90 bits per heavy atom. The molecule has 1 heterocycles. The number of carbonyl (C=O) groups excluding carboxylic acids is 1. The minimum absolute atomic E-state index is 0.0528. The fraction of sp³-hybridized carbons (Fsp3) is 0.188. The monoisotopic (exact) mass is 316 g/mol. The molecule has 3 N–H and O–H groups in total. The van der Waals surface area contributed by atoms with E-state index in [1.165, 1.54) is 0 Å². The Hall–Kier alpha value is -1.74. The summed E-state index contributed by atoms with van der Waals surface area (Å²) in [5.74, 6) is 5.76. The zero-order chi connectivity index (χ0) is 15.1. The third-order valence-corrected chi connectivity index (χ3v) is 4.55. The van der Waals surface area contributed by atoms with Crippen molar-refractivity contribution in [3.63, 3.8) is 0 Å². The van der Waals surface area contributed by atoms with E-state index in [-0.39, 0.29) is 5.91 Å². The van der Waals surface area contributed by atoms with E-state index in [9.17, 15) is 4.79 Å². The third-order valence-electron chi connectivity index (χ3n) is 2.75. The highest BCUT2D eigenvalue weighted by Gasteiger charge is 2.10. The van der Waals surface area contributed by atoms with E-state index in [1.54, 1.807) is 23.1 Å². The van der Waals surface area contributed by atoms with Gasteiger partial charge in [-0.1, -0.05) is 24.0 Å². The maximum atomic E-state index is 12.2. The maximum Gasteiger partial charge on any atom is 0.252 e. The van der Waals surface area contributed by atoms with Gasteiger partial charge in [-0.15, -0.1) is 23.1 Å². The number of amides is 1. The molecule has 1 amide bonds. The van der Waals surface area contributed by atoms with Crippen molar-refractivity contribution in [2.75, 3.05) is 12.8 Å². The van der Waals surface area contributed by atoms with Gasteiger partial charge in [-0.05, 0) is 30.5 Å². The zero-order valence-corrected chi connectivity index (χ0v) is 13.3. The number of nitrogens with two attached hydrogens (primary N) is 1. The Kier molecular flexibility index (Phi) is 5.88. The van der Waals surface area contributed by atoms with E-state index in [0.29, 0.717) is 18.7 Å². The molecule has 0 aliphatic carbocycles. The number of thiophene rings is 1. The molecule has 0 saturated heterocycles. The molecule has 0 atom stereocenters. The van der Waals surface area contributed by atoms with Crippen molar-refractivity contribution in [2.24, 2.45) is 5.73 Å². The molecule has 0 saturated carbocycles. The molecule has 5 heteroatoms. The van der Waals surface area contributed by atoms with Crippen molar-refractivity contribution < 1.29 is 4.79 Å². The van der Waals surface area contributed by atoms with Gasteiger partial charge in [-0.2, -0.15) is 0 Å². The van der Waals surface area contributed by atoms with Crippen LogP contribution < -0.4 is 11.1 Å². The van der Waals surface area contributed by atoms with Gasteiger partial charge in [0, 0.05) is 9.77 Å². The average Bonchev–Trinajstić information content (AvgIpc) is 2.98. The van der Waals surface area contributed by atoms with Gasteiger partial charge in [0.25, 0.3) is 5.91 Å². The second-order valence-corrected chi connectivity index (χ2v) is 6.17. The quantitative estimate of drug-likeness (QED) is 0.673. The van der Waals surface area contributed by atoms with Gasteiger partial charge in [0.15, 0.2) is 0 Å². The van der Waals surface area contributed by atoms with Crippen molar-refractivity contribution in [1.82, 2.24) is 5.32 Å². The van der Waals surface area contributed by atoms with Crippen molar-refractivity contribution >= 4 is 29.0 Å². The second-order valence-electron chi connectivity index (χ2n) is 4.15. The lowest BCUT2D eigenvalue weighted by Gasteiger charge is -2.07. The van der Waals surface area contributed by atoms with Crippen LogP contribution in [0.5, 0.6) is 0 Å². The predicted molar refractivity (Wildman–Crippen MR) is 89.6 cm³/mol. The second kappa shape index (κ2) is 7.89. The van der Waals surface area contributed by atoms with Crippen molar-refractivity contribution in [2.45, 2.75) is 11.4 Å². The molecule has 0 fully saturated rings. The lowest BCUT2D eigenvalue weighted by Crippen LogP contribution is -2.22. The fourth-order valence-electron chi connectivity index (χ4n) is 1.77. The highest BCUT2D eigenvalue weighted by Crippen LogP contribution is 2.20. The number of thioether (sulfide) groups is 1. The summed E-state index contributed by atoms with van der Waals surface area (Å²) in [6.07, 6.45) is 1.97. The summed E-state index contributed by atoms with van der Waals surface area (Å²) in [5.41, 5.74) is 6.06. The molecule has 0 aliphatic rings. The Bertz CT molecular complexity index is 683. The highest BCUT2D eigenvalue weighted by atomic mass is 32.2. The minimum atomic E-state index is -0.0528. The zero-order valence-electron chi connectivity index (χ0n) is 11.7. The van der Waals surface area contributed by atoms with E-state index in [4.69, 9.17) is 5.73 Å². The summed E-state index contributed by atoms with van der Waals surface area (Å²) in [5, 5.41) is 2.94. The smallest absolute Gasteiger partial charge is 0.252 e. The largest absolute Gasteiger partial charge is 0.347 e. The normalized spacial score (nSPS) is 9.81. The highest BCUT2D eigenvalue weighted by molar-refractivity contribution is 7.98. The van der Waals surface area contributed by atoms with Crippen LogP contribution in [0.15, 0.2) is 41.3 Å². The van der Waals surface area contributed by atoms with Gasteiger partial charge in [-0.25, -0.2) is 0 Å². The molecule has 0 unspecified atom stereocenters. The Labute approximate surface area is 132 Å². The van der Waals surface area contributed by atoms with E-state index in [2.05, 4.69) is 17.2 Å². The van der Waals surface area contributed by atoms with Crippen LogP contribution in [0.2, 0.25) is 0 Å². The molecule has 0 bridgehead atoms. The molecule has 0 aliphatic heterocycles.